The van der Waals surface area contributed by atoms with Gasteiger partial charge in [0.1, 0.15) is 11.0 Å². The largest absolute Gasteiger partial charge is 0.258 e. The van der Waals surface area contributed by atoms with E-state index in [1.54, 1.807) is 8.99 Å². The number of aromatic nitrogens is 4. The van der Waals surface area contributed by atoms with Gasteiger partial charge in [0.25, 0.3) is 5.95 Å². The third-order valence-corrected chi connectivity index (χ3v) is 5.07. The lowest BCUT2D eigenvalue weighted by atomic mass is 10.2. The molecule has 1 aromatic carbocycles. The van der Waals surface area contributed by atoms with E-state index in [9.17, 15) is 4.21 Å². The molecule has 2 heterocycles. The predicted molar refractivity (Wildman–Crippen MR) is 82.1 cm³/mol. The second-order valence-corrected chi connectivity index (χ2v) is 6.56. The number of rotatable bonds is 3. The highest BCUT2D eigenvalue weighted by molar-refractivity contribution is 7.86. The third-order valence-electron chi connectivity index (χ3n) is 3.61. The first-order valence-electron chi connectivity index (χ1n) is 6.76. The summed E-state index contributed by atoms with van der Waals surface area (Å²) in [6.45, 7) is 5.26. The van der Waals surface area contributed by atoms with Gasteiger partial charge in [0.05, 0.1) is 18.8 Å². The summed E-state index contributed by atoms with van der Waals surface area (Å²) in [7, 11) is -1.11. The summed E-state index contributed by atoms with van der Waals surface area (Å²) in [6, 6.07) is 9.98. The van der Waals surface area contributed by atoms with E-state index >= 15 is 0 Å². The van der Waals surface area contributed by atoms with Gasteiger partial charge in [0.15, 0.2) is 0 Å². The highest BCUT2D eigenvalue weighted by atomic mass is 32.2. The average Bonchev–Trinajstić information content (AvgIpc) is 2.92. The summed E-state index contributed by atoms with van der Waals surface area (Å²) < 4.78 is 15.8. The Balaban J connectivity index is 1.88. The molecular formula is C14H17N5OS. The summed E-state index contributed by atoms with van der Waals surface area (Å²) >= 11 is 0. The summed E-state index contributed by atoms with van der Waals surface area (Å²) in [5.41, 5.74) is 3.52. The van der Waals surface area contributed by atoms with Crippen LogP contribution in [0.5, 0.6) is 0 Å². The molecule has 0 fully saturated rings. The van der Waals surface area contributed by atoms with Gasteiger partial charge in [-0.05, 0) is 29.8 Å². The Morgan fingerprint density at radius 2 is 1.95 bits per heavy atom. The minimum absolute atomic E-state index is 0.546. The molecule has 1 atom stereocenters. The molecule has 0 bridgehead atoms. The molecule has 1 aromatic heterocycles. The summed E-state index contributed by atoms with van der Waals surface area (Å²) in [6.07, 6.45) is 0. The highest BCUT2D eigenvalue weighted by Crippen LogP contribution is 2.22. The summed E-state index contributed by atoms with van der Waals surface area (Å²) in [5, 5.41) is 11.8. The van der Waals surface area contributed by atoms with Gasteiger partial charge in [-0.2, -0.15) is 0 Å². The Bertz CT molecular complexity index is 694. The molecule has 0 amide bonds. The lowest BCUT2D eigenvalue weighted by Crippen LogP contribution is -2.36. The zero-order chi connectivity index (χ0) is 14.8. The lowest BCUT2D eigenvalue weighted by Gasteiger charge is -2.27. The molecule has 7 heteroatoms. The van der Waals surface area contributed by atoms with Crippen molar-refractivity contribution in [1.29, 1.82) is 0 Å². The number of nitrogens with zero attached hydrogens (tertiary/aromatic N) is 5. The smallest absolute Gasteiger partial charge is 0.254 e. The van der Waals surface area contributed by atoms with E-state index in [2.05, 4.69) is 22.4 Å². The molecule has 0 N–H and O–H groups in total. The number of anilines is 1. The van der Waals surface area contributed by atoms with Crippen LogP contribution in [0.1, 0.15) is 19.4 Å². The molecule has 0 saturated heterocycles. The van der Waals surface area contributed by atoms with Gasteiger partial charge >= 0.3 is 0 Å². The van der Waals surface area contributed by atoms with E-state index in [1.807, 2.05) is 37.3 Å². The van der Waals surface area contributed by atoms with E-state index in [0.29, 0.717) is 24.8 Å². The molecular weight excluding hydrogens is 286 g/mol. The minimum Gasteiger partial charge on any atom is -0.254 e. The van der Waals surface area contributed by atoms with Crippen LogP contribution in [0.15, 0.2) is 41.5 Å². The van der Waals surface area contributed by atoms with Crippen molar-refractivity contribution in [2.75, 3.05) is 16.6 Å². The van der Waals surface area contributed by atoms with Crippen molar-refractivity contribution in [2.45, 2.75) is 20.4 Å². The van der Waals surface area contributed by atoms with Crippen molar-refractivity contribution < 1.29 is 4.21 Å². The molecule has 0 saturated carbocycles. The fraction of sp³-hybridized carbons (Fsp3) is 0.357. The number of hydrogen-bond acceptors (Lipinski definition) is 4. The van der Waals surface area contributed by atoms with Gasteiger partial charge in [-0.25, -0.2) is 8.89 Å². The van der Waals surface area contributed by atoms with Crippen molar-refractivity contribution in [3.05, 3.63) is 47.0 Å². The fourth-order valence-electron chi connectivity index (χ4n) is 2.21. The van der Waals surface area contributed by atoms with Crippen LogP contribution >= 0.6 is 0 Å². The molecule has 1 aliphatic heterocycles. The predicted octanol–water partition coefficient (Wildman–Crippen LogP) is 1.54. The van der Waals surface area contributed by atoms with Crippen molar-refractivity contribution >= 4 is 16.9 Å². The molecule has 21 heavy (non-hydrogen) atoms. The first-order chi connectivity index (χ1) is 10.1. The van der Waals surface area contributed by atoms with E-state index in [0.717, 1.165) is 5.56 Å². The maximum Gasteiger partial charge on any atom is 0.258 e. The Labute approximate surface area is 126 Å². The summed E-state index contributed by atoms with van der Waals surface area (Å²) in [5.74, 6) is 1.10. The number of hydrogen-bond donors (Lipinski definition) is 0. The van der Waals surface area contributed by atoms with Gasteiger partial charge in [0.2, 0.25) is 0 Å². The van der Waals surface area contributed by atoms with E-state index in [4.69, 9.17) is 0 Å². The van der Waals surface area contributed by atoms with Crippen molar-refractivity contribution in [1.82, 2.24) is 20.2 Å². The van der Waals surface area contributed by atoms with Crippen molar-refractivity contribution in [3.8, 4) is 0 Å². The zero-order valence-electron chi connectivity index (χ0n) is 12.1. The van der Waals surface area contributed by atoms with Crippen molar-refractivity contribution in [3.63, 3.8) is 0 Å². The molecule has 6 nitrogen and oxygen atoms in total. The van der Waals surface area contributed by atoms with Gasteiger partial charge in [-0.1, -0.05) is 46.6 Å². The molecule has 110 valence electrons. The Morgan fingerprint density at radius 3 is 2.71 bits per heavy atom. The van der Waals surface area contributed by atoms with Crippen LogP contribution in [0.25, 0.3) is 0 Å². The van der Waals surface area contributed by atoms with Crippen LogP contribution < -0.4 is 4.31 Å². The Hall–Kier alpha value is -2.02. The van der Waals surface area contributed by atoms with Crippen LogP contribution in [0.2, 0.25) is 0 Å². The quantitative estimate of drug-likeness (QED) is 0.807. The molecule has 2 aromatic rings. The van der Waals surface area contributed by atoms with E-state index in [-0.39, 0.29) is 0 Å². The molecule has 0 spiro atoms. The normalized spacial score (nSPS) is 19.1. The number of tetrazole rings is 1. The van der Waals surface area contributed by atoms with Crippen LogP contribution in [0, 0.1) is 0 Å². The monoisotopic (exact) mass is 303 g/mol. The fourth-order valence-corrected chi connectivity index (χ4v) is 3.63. The average molecular weight is 303 g/mol. The topological polar surface area (TPSA) is 63.9 Å². The minimum atomic E-state index is -1.11. The van der Waals surface area contributed by atoms with Gasteiger partial charge in [-0.15, -0.1) is 0 Å². The Kier molecular flexibility index (Phi) is 3.83. The van der Waals surface area contributed by atoms with E-state index < -0.39 is 11.0 Å². The maximum atomic E-state index is 12.3. The SMILES string of the molecule is CC1=C(C)CS(=O)N(c2nnnn2Cc2ccccc2)C1. The Morgan fingerprint density at radius 1 is 1.19 bits per heavy atom. The first-order valence-corrected chi connectivity index (χ1v) is 8.04. The number of benzene rings is 1. The molecule has 1 aliphatic rings. The van der Waals surface area contributed by atoms with Crippen LogP contribution in [-0.4, -0.2) is 36.7 Å². The third kappa shape index (κ3) is 2.87. The van der Waals surface area contributed by atoms with Crippen molar-refractivity contribution in [2.24, 2.45) is 0 Å². The molecule has 3 rings (SSSR count). The highest BCUT2D eigenvalue weighted by Gasteiger charge is 2.25. The maximum absolute atomic E-state index is 12.3. The van der Waals surface area contributed by atoms with E-state index in [1.165, 1.54) is 11.1 Å². The van der Waals surface area contributed by atoms with Crippen LogP contribution in [0.3, 0.4) is 0 Å². The second-order valence-electron chi connectivity index (χ2n) is 5.19. The van der Waals surface area contributed by atoms with Gasteiger partial charge in [-0.3, -0.25) is 4.31 Å². The zero-order valence-corrected chi connectivity index (χ0v) is 12.9. The first kappa shape index (κ1) is 13.9. The standard InChI is InChI=1S/C14H17N5OS/c1-11-8-19(21(20)10-12(11)2)14-15-16-17-18(14)9-13-6-4-3-5-7-13/h3-7H,8-10H2,1-2H3. The second kappa shape index (κ2) is 5.77. The molecule has 0 aliphatic carbocycles. The van der Waals surface area contributed by atoms with Crippen LogP contribution in [-0.2, 0) is 17.5 Å². The van der Waals surface area contributed by atoms with Gasteiger partial charge < -0.3 is 0 Å². The summed E-state index contributed by atoms with van der Waals surface area (Å²) in [4.78, 5) is 0. The molecule has 1 unspecified atom stereocenters. The van der Waals surface area contributed by atoms with Crippen LogP contribution in [0.4, 0.5) is 5.95 Å². The molecule has 0 radical (unpaired) electrons. The van der Waals surface area contributed by atoms with Gasteiger partial charge in [0, 0.05) is 0 Å². The lowest BCUT2D eigenvalue weighted by molar-refractivity contribution is 0.642.